The van der Waals surface area contributed by atoms with Crippen molar-refractivity contribution in [2.24, 2.45) is 0 Å². The molecule has 5 nitrogen and oxygen atoms in total. The number of nitrogens with one attached hydrogen (secondary N) is 3. The van der Waals surface area contributed by atoms with Crippen LogP contribution in [0.4, 0.5) is 0 Å². The molecule has 3 N–H and O–H groups in total. The average molecular weight is 303 g/mol. The molecule has 1 heterocycles. The minimum atomic E-state index is -0.296. The van der Waals surface area contributed by atoms with Gasteiger partial charge in [-0.1, -0.05) is 38.1 Å². The van der Waals surface area contributed by atoms with Crippen molar-refractivity contribution in [2.45, 2.75) is 45.3 Å². The maximum Gasteiger partial charge on any atom is 0.237 e. The zero-order chi connectivity index (χ0) is 15.9. The maximum absolute atomic E-state index is 12.3. The van der Waals surface area contributed by atoms with E-state index in [4.69, 9.17) is 0 Å². The fraction of sp³-hybridized carbons (Fsp3) is 0.529. The Labute approximate surface area is 131 Å². The number of rotatable bonds is 7. The van der Waals surface area contributed by atoms with Crippen LogP contribution in [0.1, 0.15) is 31.4 Å². The number of fused-ring (bicyclic) bond motifs is 1. The third-order valence-corrected chi connectivity index (χ3v) is 4.07. The van der Waals surface area contributed by atoms with E-state index in [1.54, 1.807) is 0 Å². The van der Waals surface area contributed by atoms with Gasteiger partial charge in [0, 0.05) is 19.5 Å². The predicted octanol–water partition coefficient (Wildman–Crippen LogP) is 0.774. The minimum Gasteiger partial charge on any atom is -0.353 e. The van der Waals surface area contributed by atoms with E-state index in [-0.39, 0.29) is 23.8 Å². The molecular formula is C17H25N3O2. The maximum atomic E-state index is 12.3. The Morgan fingerprint density at radius 2 is 2.00 bits per heavy atom. The van der Waals surface area contributed by atoms with Crippen molar-refractivity contribution in [2.75, 3.05) is 13.1 Å². The molecule has 0 spiro atoms. The number of hydrogen-bond acceptors (Lipinski definition) is 4. The van der Waals surface area contributed by atoms with Gasteiger partial charge in [-0.3, -0.25) is 9.59 Å². The summed E-state index contributed by atoms with van der Waals surface area (Å²) in [7, 11) is 0. The Kier molecular flexibility index (Phi) is 6.10. The lowest BCUT2D eigenvalue weighted by Crippen LogP contribution is -2.52. The average Bonchev–Trinajstić information content (AvgIpc) is 2.57. The quantitative estimate of drug-likeness (QED) is 0.696. The van der Waals surface area contributed by atoms with E-state index in [0.29, 0.717) is 32.5 Å². The third-order valence-electron chi connectivity index (χ3n) is 4.07. The molecule has 2 atom stereocenters. The summed E-state index contributed by atoms with van der Waals surface area (Å²) in [5.74, 6) is 0.0883. The smallest absolute Gasteiger partial charge is 0.237 e. The topological polar surface area (TPSA) is 70.2 Å². The molecule has 1 aromatic rings. The summed E-state index contributed by atoms with van der Waals surface area (Å²) in [6.07, 6.45) is 1.16. The molecule has 0 bridgehead atoms. The Morgan fingerprint density at radius 3 is 2.68 bits per heavy atom. The van der Waals surface area contributed by atoms with E-state index >= 15 is 0 Å². The monoisotopic (exact) mass is 303 g/mol. The molecule has 1 aliphatic heterocycles. The van der Waals surface area contributed by atoms with Gasteiger partial charge in [0.25, 0.3) is 0 Å². The van der Waals surface area contributed by atoms with Crippen molar-refractivity contribution in [1.29, 1.82) is 0 Å². The molecular weight excluding hydrogens is 278 g/mol. The van der Waals surface area contributed by atoms with E-state index in [9.17, 15) is 9.59 Å². The summed E-state index contributed by atoms with van der Waals surface area (Å²) in [6, 6.07) is 7.64. The van der Waals surface area contributed by atoms with Crippen LogP contribution in [0.25, 0.3) is 0 Å². The van der Waals surface area contributed by atoms with E-state index < -0.39 is 0 Å². The fourth-order valence-electron chi connectivity index (χ4n) is 2.76. The van der Waals surface area contributed by atoms with Crippen molar-refractivity contribution in [1.82, 2.24) is 16.0 Å². The largest absolute Gasteiger partial charge is 0.353 e. The van der Waals surface area contributed by atoms with Gasteiger partial charge in [0.05, 0.1) is 12.1 Å². The second kappa shape index (κ2) is 8.06. The first-order valence-corrected chi connectivity index (χ1v) is 7.99. The normalized spacial score (nSPS) is 18.4. The highest BCUT2D eigenvalue weighted by Gasteiger charge is 2.25. The Bertz CT molecular complexity index is 530. The van der Waals surface area contributed by atoms with Gasteiger partial charge in [0.1, 0.15) is 0 Å². The lowest BCUT2D eigenvalue weighted by atomic mass is 9.95. The van der Waals surface area contributed by atoms with Crippen LogP contribution in [0.5, 0.6) is 0 Å². The number of carbonyl (C=O) groups excluding carboxylic acids is 2. The highest BCUT2D eigenvalue weighted by molar-refractivity contribution is 5.86. The molecule has 2 rings (SSSR count). The van der Waals surface area contributed by atoms with Crippen LogP contribution in [-0.4, -0.2) is 36.9 Å². The van der Waals surface area contributed by atoms with Gasteiger partial charge in [0.15, 0.2) is 5.78 Å². The first kappa shape index (κ1) is 16.6. The Balaban J connectivity index is 1.89. The van der Waals surface area contributed by atoms with Crippen molar-refractivity contribution < 1.29 is 9.59 Å². The van der Waals surface area contributed by atoms with Gasteiger partial charge in [-0.15, -0.1) is 0 Å². The van der Waals surface area contributed by atoms with Crippen molar-refractivity contribution in [3.8, 4) is 0 Å². The summed E-state index contributed by atoms with van der Waals surface area (Å²) in [5.41, 5.74) is 2.47. The molecule has 120 valence electrons. The summed E-state index contributed by atoms with van der Waals surface area (Å²) in [5, 5.41) is 9.28. The molecule has 0 aliphatic carbocycles. The molecule has 5 heteroatoms. The van der Waals surface area contributed by atoms with E-state index in [0.717, 1.165) is 0 Å². The van der Waals surface area contributed by atoms with E-state index in [2.05, 4.69) is 28.1 Å². The summed E-state index contributed by atoms with van der Waals surface area (Å²) >= 11 is 0. The highest BCUT2D eigenvalue weighted by Crippen LogP contribution is 2.16. The predicted molar refractivity (Wildman–Crippen MR) is 86.5 cm³/mol. The zero-order valence-corrected chi connectivity index (χ0v) is 13.3. The van der Waals surface area contributed by atoms with Crippen LogP contribution in [0, 0.1) is 0 Å². The summed E-state index contributed by atoms with van der Waals surface area (Å²) < 4.78 is 0. The number of amides is 1. The highest BCUT2D eigenvalue weighted by atomic mass is 16.2. The molecule has 0 radical (unpaired) electrons. The molecule has 0 saturated carbocycles. The second-order valence-corrected chi connectivity index (χ2v) is 5.58. The number of carbonyl (C=O) groups is 2. The zero-order valence-electron chi connectivity index (χ0n) is 13.3. The van der Waals surface area contributed by atoms with Crippen molar-refractivity contribution in [3.63, 3.8) is 0 Å². The first-order chi connectivity index (χ1) is 10.7. The molecule has 22 heavy (non-hydrogen) atoms. The number of benzene rings is 1. The Hall–Kier alpha value is -1.72. The van der Waals surface area contributed by atoms with Crippen molar-refractivity contribution >= 4 is 11.7 Å². The summed E-state index contributed by atoms with van der Waals surface area (Å²) in [6.45, 7) is 5.56. The van der Waals surface area contributed by atoms with Gasteiger partial charge >= 0.3 is 0 Å². The van der Waals surface area contributed by atoms with Gasteiger partial charge in [-0.25, -0.2) is 0 Å². The van der Waals surface area contributed by atoms with Gasteiger partial charge in [0.2, 0.25) is 5.91 Å². The number of hydrogen-bond donors (Lipinski definition) is 3. The summed E-state index contributed by atoms with van der Waals surface area (Å²) in [4.78, 5) is 24.1. The lowest BCUT2D eigenvalue weighted by molar-refractivity contribution is -0.124. The standard InChI is InChI=1S/C17H25N3O2/c1-3-16(21)15(18-4-2)11-20-17(22)14-9-12-7-5-6-8-13(12)10-19-14/h5-8,14-15,18-19H,3-4,9-11H2,1-2H3,(H,20,22)/t14?,15-/m0/s1. The van der Waals surface area contributed by atoms with Crippen molar-refractivity contribution in [3.05, 3.63) is 35.4 Å². The van der Waals surface area contributed by atoms with Gasteiger partial charge in [-0.2, -0.15) is 0 Å². The number of Topliss-reactive ketones (excluding diaryl/α,β-unsaturated/α-hetero) is 1. The van der Waals surface area contributed by atoms with E-state index in [1.807, 2.05) is 26.0 Å². The van der Waals surface area contributed by atoms with E-state index in [1.165, 1.54) is 11.1 Å². The van der Waals surface area contributed by atoms with Crippen LogP contribution in [-0.2, 0) is 22.6 Å². The van der Waals surface area contributed by atoms with Gasteiger partial charge < -0.3 is 16.0 Å². The second-order valence-electron chi connectivity index (χ2n) is 5.58. The minimum absolute atomic E-state index is 0.0405. The molecule has 0 saturated heterocycles. The lowest BCUT2D eigenvalue weighted by Gasteiger charge is -2.26. The van der Waals surface area contributed by atoms with Crippen LogP contribution in [0.3, 0.4) is 0 Å². The fourth-order valence-corrected chi connectivity index (χ4v) is 2.76. The van der Waals surface area contributed by atoms with Crippen LogP contribution < -0.4 is 16.0 Å². The van der Waals surface area contributed by atoms with Crippen LogP contribution in [0.15, 0.2) is 24.3 Å². The third kappa shape index (κ3) is 4.15. The Morgan fingerprint density at radius 1 is 1.27 bits per heavy atom. The van der Waals surface area contributed by atoms with Gasteiger partial charge in [-0.05, 0) is 24.1 Å². The number of ketones is 1. The molecule has 1 amide bonds. The molecule has 0 aromatic heterocycles. The van der Waals surface area contributed by atoms with Crippen LogP contribution >= 0.6 is 0 Å². The number of likely N-dealkylation sites (N-methyl/N-ethyl adjacent to an activating group) is 1. The molecule has 1 aromatic carbocycles. The molecule has 0 fully saturated rings. The first-order valence-electron chi connectivity index (χ1n) is 7.99. The van der Waals surface area contributed by atoms with Crippen LogP contribution in [0.2, 0.25) is 0 Å². The molecule has 1 aliphatic rings. The SMILES string of the molecule is CCN[C@@H](CNC(=O)C1Cc2ccccc2CN1)C(=O)CC. The molecule has 1 unspecified atom stereocenters.